The Hall–Kier alpha value is -2.64. The van der Waals surface area contributed by atoms with Gasteiger partial charge in [0.15, 0.2) is 0 Å². The third-order valence-corrected chi connectivity index (χ3v) is 4.50. The van der Waals surface area contributed by atoms with Gasteiger partial charge in [0.1, 0.15) is 17.7 Å². The van der Waals surface area contributed by atoms with Crippen molar-refractivity contribution in [1.29, 1.82) is 0 Å². The fourth-order valence-corrected chi connectivity index (χ4v) is 3.00. The SMILES string of the molecule is C[C@@H]1C(=O)N(C)CCN1C(=O)NCCCc1nc2ccc(F)cc2[nH]1. The summed E-state index contributed by atoms with van der Waals surface area (Å²) >= 11 is 0. The normalized spacial score (nSPS) is 18.0. The third kappa shape index (κ3) is 3.72. The molecule has 2 N–H and O–H groups in total. The van der Waals surface area contributed by atoms with Crippen LogP contribution in [-0.2, 0) is 11.2 Å². The van der Waals surface area contributed by atoms with Gasteiger partial charge >= 0.3 is 6.03 Å². The van der Waals surface area contributed by atoms with Crippen LogP contribution in [0, 0.1) is 5.82 Å². The summed E-state index contributed by atoms with van der Waals surface area (Å²) in [5.74, 6) is 0.416. The predicted molar refractivity (Wildman–Crippen MR) is 91.6 cm³/mol. The molecule has 0 unspecified atom stereocenters. The number of nitrogens with one attached hydrogen (secondary N) is 2. The van der Waals surface area contributed by atoms with Gasteiger partial charge in [-0.05, 0) is 31.5 Å². The number of carbonyl (C=O) groups is 2. The summed E-state index contributed by atoms with van der Waals surface area (Å²) in [5.41, 5.74) is 1.40. The molecule has 0 saturated carbocycles. The zero-order valence-corrected chi connectivity index (χ0v) is 14.4. The first kappa shape index (κ1) is 17.2. The van der Waals surface area contributed by atoms with Crippen molar-refractivity contribution >= 4 is 23.0 Å². The van der Waals surface area contributed by atoms with Crippen LogP contribution >= 0.6 is 0 Å². The zero-order valence-electron chi connectivity index (χ0n) is 14.4. The summed E-state index contributed by atoms with van der Waals surface area (Å²) in [6.07, 6.45) is 1.35. The number of halogens is 1. The second-order valence-corrected chi connectivity index (χ2v) is 6.31. The molecule has 1 aliphatic rings. The third-order valence-electron chi connectivity index (χ3n) is 4.50. The van der Waals surface area contributed by atoms with Gasteiger partial charge in [-0.2, -0.15) is 0 Å². The van der Waals surface area contributed by atoms with Gasteiger partial charge < -0.3 is 20.1 Å². The van der Waals surface area contributed by atoms with Crippen LogP contribution < -0.4 is 5.32 Å². The summed E-state index contributed by atoms with van der Waals surface area (Å²) in [7, 11) is 1.74. The number of rotatable bonds is 4. The molecule has 3 rings (SSSR count). The molecule has 0 radical (unpaired) electrons. The number of imidazole rings is 1. The van der Waals surface area contributed by atoms with Crippen molar-refractivity contribution in [2.45, 2.75) is 25.8 Å². The van der Waals surface area contributed by atoms with Crippen molar-refractivity contribution in [1.82, 2.24) is 25.1 Å². The van der Waals surface area contributed by atoms with Crippen LogP contribution in [0.25, 0.3) is 11.0 Å². The highest BCUT2D eigenvalue weighted by Gasteiger charge is 2.32. The lowest BCUT2D eigenvalue weighted by atomic mass is 10.2. The van der Waals surface area contributed by atoms with E-state index in [0.29, 0.717) is 38.0 Å². The molecule has 1 fully saturated rings. The van der Waals surface area contributed by atoms with E-state index in [-0.39, 0.29) is 17.8 Å². The fraction of sp³-hybridized carbons (Fsp3) is 0.471. The van der Waals surface area contributed by atoms with Crippen LogP contribution in [-0.4, -0.2) is 64.4 Å². The molecule has 25 heavy (non-hydrogen) atoms. The van der Waals surface area contributed by atoms with Crippen LogP contribution in [0.1, 0.15) is 19.2 Å². The van der Waals surface area contributed by atoms with Crippen LogP contribution in [0.4, 0.5) is 9.18 Å². The maximum atomic E-state index is 13.2. The Bertz CT molecular complexity index is 790. The summed E-state index contributed by atoms with van der Waals surface area (Å²) in [5, 5.41) is 2.85. The Morgan fingerprint density at radius 1 is 1.44 bits per heavy atom. The molecule has 0 aliphatic carbocycles. The molecule has 8 heteroatoms. The number of amides is 3. The summed E-state index contributed by atoms with van der Waals surface area (Å²) in [6.45, 7) is 3.30. The van der Waals surface area contributed by atoms with Crippen molar-refractivity contribution in [3.05, 3.63) is 29.8 Å². The van der Waals surface area contributed by atoms with Gasteiger partial charge in [-0.1, -0.05) is 0 Å². The first-order valence-electron chi connectivity index (χ1n) is 8.39. The van der Waals surface area contributed by atoms with E-state index in [1.807, 2.05) is 0 Å². The first-order valence-corrected chi connectivity index (χ1v) is 8.39. The largest absolute Gasteiger partial charge is 0.342 e. The summed E-state index contributed by atoms with van der Waals surface area (Å²) in [4.78, 5) is 34.8. The van der Waals surface area contributed by atoms with Gasteiger partial charge in [0.2, 0.25) is 5.91 Å². The van der Waals surface area contributed by atoms with E-state index in [0.717, 1.165) is 11.3 Å². The highest BCUT2D eigenvalue weighted by molar-refractivity contribution is 5.87. The Morgan fingerprint density at radius 3 is 3.04 bits per heavy atom. The van der Waals surface area contributed by atoms with Crippen LogP contribution in [0.3, 0.4) is 0 Å². The molecule has 1 aromatic heterocycles. The number of H-pyrrole nitrogens is 1. The number of aromatic amines is 1. The molecular weight excluding hydrogens is 325 g/mol. The molecule has 7 nitrogen and oxygen atoms in total. The van der Waals surface area contributed by atoms with E-state index in [2.05, 4.69) is 15.3 Å². The second-order valence-electron chi connectivity index (χ2n) is 6.31. The van der Waals surface area contributed by atoms with Crippen molar-refractivity contribution in [3.63, 3.8) is 0 Å². The number of piperazine rings is 1. The van der Waals surface area contributed by atoms with Crippen LogP contribution in [0.5, 0.6) is 0 Å². The molecular formula is C17H22FN5O2. The van der Waals surface area contributed by atoms with Gasteiger partial charge in [0.25, 0.3) is 0 Å². The minimum Gasteiger partial charge on any atom is -0.342 e. The monoisotopic (exact) mass is 347 g/mol. The van der Waals surface area contributed by atoms with E-state index in [9.17, 15) is 14.0 Å². The topological polar surface area (TPSA) is 81.3 Å². The van der Waals surface area contributed by atoms with Gasteiger partial charge in [0, 0.05) is 33.1 Å². The highest BCUT2D eigenvalue weighted by atomic mass is 19.1. The second kappa shape index (κ2) is 7.08. The molecule has 1 aromatic carbocycles. The zero-order chi connectivity index (χ0) is 18.0. The molecule has 0 bridgehead atoms. The number of urea groups is 1. The van der Waals surface area contributed by atoms with Crippen molar-refractivity contribution < 1.29 is 14.0 Å². The van der Waals surface area contributed by atoms with Crippen molar-refractivity contribution in [3.8, 4) is 0 Å². The number of fused-ring (bicyclic) bond motifs is 1. The summed E-state index contributed by atoms with van der Waals surface area (Å²) in [6, 6.07) is 3.77. The molecule has 2 heterocycles. The maximum absolute atomic E-state index is 13.2. The number of benzene rings is 1. The molecule has 1 atom stereocenters. The minimum atomic E-state index is -0.441. The average molecular weight is 347 g/mol. The summed E-state index contributed by atoms with van der Waals surface area (Å²) < 4.78 is 13.2. The highest BCUT2D eigenvalue weighted by Crippen LogP contribution is 2.14. The average Bonchev–Trinajstić information content (AvgIpc) is 2.98. The number of hydrogen-bond donors (Lipinski definition) is 2. The Kier molecular flexibility index (Phi) is 4.87. The molecule has 134 valence electrons. The van der Waals surface area contributed by atoms with Gasteiger partial charge in [-0.3, -0.25) is 4.79 Å². The van der Waals surface area contributed by atoms with E-state index >= 15 is 0 Å². The number of aromatic nitrogens is 2. The fourth-order valence-electron chi connectivity index (χ4n) is 3.00. The van der Waals surface area contributed by atoms with Gasteiger partial charge in [0.05, 0.1) is 11.0 Å². The molecule has 0 spiro atoms. The number of carbonyl (C=O) groups excluding carboxylic acids is 2. The smallest absolute Gasteiger partial charge is 0.318 e. The first-order chi connectivity index (χ1) is 12.0. The lowest BCUT2D eigenvalue weighted by Gasteiger charge is -2.37. The minimum absolute atomic E-state index is 0.0455. The standard InChI is InChI=1S/C17H22FN5O2/c1-11-16(24)22(2)8-9-23(11)17(25)19-7-3-4-15-20-13-6-5-12(18)10-14(13)21-15/h5-6,10-11H,3-4,7-9H2,1-2H3,(H,19,25)(H,20,21)/t11-/m1/s1. The predicted octanol–water partition coefficient (Wildman–Crippen LogP) is 1.51. The van der Waals surface area contributed by atoms with Crippen LogP contribution in [0.15, 0.2) is 18.2 Å². The molecule has 1 saturated heterocycles. The Morgan fingerprint density at radius 2 is 2.24 bits per heavy atom. The number of hydrogen-bond acceptors (Lipinski definition) is 3. The molecule has 3 amide bonds. The van der Waals surface area contributed by atoms with Gasteiger partial charge in [-0.25, -0.2) is 14.2 Å². The van der Waals surface area contributed by atoms with Crippen LogP contribution in [0.2, 0.25) is 0 Å². The molecule has 2 aromatic rings. The van der Waals surface area contributed by atoms with E-state index in [4.69, 9.17) is 0 Å². The number of nitrogens with zero attached hydrogens (tertiary/aromatic N) is 3. The van der Waals surface area contributed by atoms with E-state index < -0.39 is 6.04 Å². The quantitative estimate of drug-likeness (QED) is 0.823. The Balaban J connectivity index is 1.47. The van der Waals surface area contributed by atoms with E-state index in [1.54, 1.807) is 29.8 Å². The maximum Gasteiger partial charge on any atom is 0.318 e. The van der Waals surface area contributed by atoms with E-state index in [1.165, 1.54) is 12.1 Å². The lowest BCUT2D eigenvalue weighted by Crippen LogP contribution is -2.58. The lowest BCUT2D eigenvalue weighted by molar-refractivity contribution is -0.137. The number of likely N-dealkylation sites (N-methyl/N-ethyl adjacent to an activating group) is 1. The van der Waals surface area contributed by atoms with Crippen molar-refractivity contribution in [2.75, 3.05) is 26.7 Å². The number of aryl methyl sites for hydroxylation is 1. The van der Waals surface area contributed by atoms with Crippen molar-refractivity contribution in [2.24, 2.45) is 0 Å². The Labute approximate surface area is 145 Å². The van der Waals surface area contributed by atoms with Gasteiger partial charge in [-0.15, -0.1) is 0 Å². The molecule has 1 aliphatic heterocycles.